The molecular formula is C14H24N2. The average Bonchev–Trinajstić information content (AvgIpc) is 2.16. The van der Waals surface area contributed by atoms with Gasteiger partial charge in [0.1, 0.15) is 0 Å². The number of aromatic nitrogens is 1. The minimum Gasteiger partial charge on any atom is -0.316 e. The summed E-state index contributed by atoms with van der Waals surface area (Å²) in [5.41, 5.74) is 2.89. The molecule has 1 atom stereocenters. The van der Waals surface area contributed by atoms with Crippen molar-refractivity contribution >= 4 is 0 Å². The second-order valence-corrected chi connectivity index (χ2v) is 5.62. The van der Waals surface area contributed by atoms with E-state index < -0.39 is 0 Å². The van der Waals surface area contributed by atoms with E-state index in [1.165, 1.54) is 11.1 Å². The fourth-order valence-corrected chi connectivity index (χ4v) is 2.08. The van der Waals surface area contributed by atoms with Crippen molar-refractivity contribution in [3.63, 3.8) is 0 Å². The Labute approximate surface area is 99.5 Å². The average molecular weight is 220 g/mol. The lowest BCUT2D eigenvalue weighted by Crippen LogP contribution is -2.38. The van der Waals surface area contributed by atoms with Crippen LogP contribution in [-0.2, 0) is 6.42 Å². The van der Waals surface area contributed by atoms with Crippen molar-refractivity contribution in [1.29, 1.82) is 0 Å². The third-order valence-electron chi connectivity index (χ3n) is 3.05. The first-order chi connectivity index (χ1) is 7.43. The molecule has 0 spiro atoms. The van der Waals surface area contributed by atoms with Crippen LogP contribution in [0.4, 0.5) is 0 Å². The standard InChI is InChI=1S/C14H24N2/c1-11-8-12(10-16-9-11)6-7-13(15-5)14(2,3)4/h8-10,13,15H,6-7H2,1-5H3. The van der Waals surface area contributed by atoms with Crippen LogP contribution in [0.3, 0.4) is 0 Å². The fourth-order valence-electron chi connectivity index (χ4n) is 2.08. The molecule has 0 amide bonds. The van der Waals surface area contributed by atoms with Crippen LogP contribution in [0.25, 0.3) is 0 Å². The SMILES string of the molecule is CNC(CCc1cncc(C)c1)C(C)(C)C. The van der Waals surface area contributed by atoms with E-state index in [1.54, 1.807) is 0 Å². The summed E-state index contributed by atoms with van der Waals surface area (Å²) in [5, 5.41) is 3.41. The lowest BCUT2D eigenvalue weighted by atomic mass is 9.83. The smallest absolute Gasteiger partial charge is 0.0300 e. The zero-order chi connectivity index (χ0) is 12.2. The number of hydrogen-bond acceptors (Lipinski definition) is 2. The third-order valence-corrected chi connectivity index (χ3v) is 3.05. The van der Waals surface area contributed by atoms with Crippen LogP contribution >= 0.6 is 0 Å². The predicted molar refractivity (Wildman–Crippen MR) is 69.6 cm³/mol. The topological polar surface area (TPSA) is 24.9 Å². The Balaban J connectivity index is 2.56. The number of rotatable bonds is 4. The van der Waals surface area contributed by atoms with Crippen LogP contribution in [0.2, 0.25) is 0 Å². The number of nitrogens with zero attached hydrogens (tertiary/aromatic N) is 1. The monoisotopic (exact) mass is 220 g/mol. The van der Waals surface area contributed by atoms with Crippen molar-refractivity contribution < 1.29 is 0 Å². The van der Waals surface area contributed by atoms with Crippen LogP contribution < -0.4 is 5.32 Å². The fraction of sp³-hybridized carbons (Fsp3) is 0.643. The van der Waals surface area contributed by atoms with Crippen LogP contribution in [0, 0.1) is 12.3 Å². The highest BCUT2D eigenvalue weighted by Gasteiger charge is 2.22. The Morgan fingerprint density at radius 3 is 2.50 bits per heavy atom. The summed E-state index contributed by atoms with van der Waals surface area (Å²) in [6, 6.07) is 2.77. The molecule has 0 radical (unpaired) electrons. The molecule has 0 saturated heterocycles. The summed E-state index contributed by atoms with van der Waals surface area (Å²) in [6.45, 7) is 8.93. The Bertz CT molecular complexity index is 326. The van der Waals surface area contributed by atoms with E-state index in [2.05, 4.69) is 44.1 Å². The number of pyridine rings is 1. The van der Waals surface area contributed by atoms with Gasteiger partial charge in [0.05, 0.1) is 0 Å². The molecule has 1 N–H and O–H groups in total. The zero-order valence-corrected chi connectivity index (χ0v) is 11.2. The summed E-state index contributed by atoms with van der Waals surface area (Å²) in [6.07, 6.45) is 6.13. The first-order valence-corrected chi connectivity index (χ1v) is 6.01. The minimum atomic E-state index is 0.312. The Hall–Kier alpha value is -0.890. The summed E-state index contributed by atoms with van der Waals surface area (Å²) in [7, 11) is 2.05. The van der Waals surface area contributed by atoms with E-state index in [0.29, 0.717) is 11.5 Å². The van der Waals surface area contributed by atoms with Gasteiger partial charge in [-0.15, -0.1) is 0 Å². The van der Waals surface area contributed by atoms with E-state index in [4.69, 9.17) is 0 Å². The van der Waals surface area contributed by atoms with Gasteiger partial charge in [0.25, 0.3) is 0 Å². The molecule has 90 valence electrons. The summed E-state index contributed by atoms with van der Waals surface area (Å²) >= 11 is 0. The normalized spacial score (nSPS) is 13.8. The van der Waals surface area contributed by atoms with Gasteiger partial charge in [0.2, 0.25) is 0 Å². The van der Waals surface area contributed by atoms with E-state index >= 15 is 0 Å². The lowest BCUT2D eigenvalue weighted by Gasteiger charge is -2.30. The number of nitrogens with one attached hydrogen (secondary N) is 1. The summed E-state index contributed by atoms with van der Waals surface area (Å²) in [4.78, 5) is 4.23. The van der Waals surface area contributed by atoms with Crippen molar-refractivity contribution in [1.82, 2.24) is 10.3 Å². The lowest BCUT2D eigenvalue weighted by molar-refractivity contribution is 0.268. The van der Waals surface area contributed by atoms with Crippen LogP contribution in [-0.4, -0.2) is 18.1 Å². The number of hydrogen-bond donors (Lipinski definition) is 1. The van der Waals surface area contributed by atoms with Gasteiger partial charge in [0.15, 0.2) is 0 Å². The van der Waals surface area contributed by atoms with E-state index in [0.717, 1.165) is 12.8 Å². The van der Waals surface area contributed by atoms with Crippen molar-refractivity contribution in [2.45, 2.75) is 46.6 Å². The first-order valence-electron chi connectivity index (χ1n) is 6.01. The second kappa shape index (κ2) is 5.44. The van der Waals surface area contributed by atoms with Gasteiger partial charge in [0, 0.05) is 18.4 Å². The molecule has 2 heteroatoms. The van der Waals surface area contributed by atoms with E-state index in [-0.39, 0.29) is 0 Å². The minimum absolute atomic E-state index is 0.312. The highest BCUT2D eigenvalue weighted by atomic mass is 14.9. The molecule has 0 aliphatic carbocycles. The first kappa shape index (κ1) is 13.2. The maximum absolute atomic E-state index is 4.23. The molecule has 16 heavy (non-hydrogen) atoms. The van der Waals surface area contributed by atoms with Gasteiger partial charge in [-0.2, -0.15) is 0 Å². The van der Waals surface area contributed by atoms with Gasteiger partial charge in [-0.1, -0.05) is 26.8 Å². The third kappa shape index (κ3) is 3.93. The van der Waals surface area contributed by atoms with Gasteiger partial charge in [-0.25, -0.2) is 0 Å². The maximum Gasteiger partial charge on any atom is 0.0300 e. The highest BCUT2D eigenvalue weighted by molar-refractivity contribution is 5.16. The van der Waals surface area contributed by atoms with E-state index in [1.807, 2.05) is 19.4 Å². The maximum atomic E-state index is 4.23. The van der Waals surface area contributed by atoms with Crippen molar-refractivity contribution in [3.05, 3.63) is 29.6 Å². The summed E-state index contributed by atoms with van der Waals surface area (Å²) in [5.74, 6) is 0. The van der Waals surface area contributed by atoms with Gasteiger partial charge < -0.3 is 5.32 Å². The molecule has 1 aromatic rings. The van der Waals surface area contributed by atoms with Crippen molar-refractivity contribution in [3.8, 4) is 0 Å². The zero-order valence-electron chi connectivity index (χ0n) is 11.2. The largest absolute Gasteiger partial charge is 0.316 e. The second-order valence-electron chi connectivity index (χ2n) is 5.62. The predicted octanol–water partition coefficient (Wildman–Crippen LogP) is 2.96. The quantitative estimate of drug-likeness (QED) is 0.844. The molecule has 0 aliphatic heterocycles. The van der Waals surface area contributed by atoms with Crippen LogP contribution in [0.5, 0.6) is 0 Å². The molecule has 0 fully saturated rings. The molecular weight excluding hydrogens is 196 g/mol. The highest BCUT2D eigenvalue weighted by Crippen LogP contribution is 2.22. The molecule has 0 bridgehead atoms. The Kier molecular flexibility index (Phi) is 4.48. The van der Waals surface area contributed by atoms with Crippen molar-refractivity contribution in [2.24, 2.45) is 5.41 Å². The van der Waals surface area contributed by atoms with E-state index in [9.17, 15) is 0 Å². The Morgan fingerprint density at radius 2 is 2.00 bits per heavy atom. The van der Waals surface area contributed by atoms with Crippen molar-refractivity contribution in [2.75, 3.05) is 7.05 Å². The van der Waals surface area contributed by atoms with Crippen LogP contribution in [0.1, 0.15) is 38.3 Å². The molecule has 0 aliphatic rings. The molecule has 1 rings (SSSR count). The molecule has 1 aromatic heterocycles. The molecule has 0 aromatic carbocycles. The molecule has 0 saturated carbocycles. The molecule has 2 nitrogen and oxygen atoms in total. The van der Waals surface area contributed by atoms with Gasteiger partial charge >= 0.3 is 0 Å². The van der Waals surface area contributed by atoms with Gasteiger partial charge in [-0.05, 0) is 43.4 Å². The Morgan fingerprint density at radius 1 is 1.31 bits per heavy atom. The number of aryl methyl sites for hydroxylation is 2. The summed E-state index contributed by atoms with van der Waals surface area (Å²) < 4.78 is 0. The molecule has 1 heterocycles. The van der Waals surface area contributed by atoms with Crippen LogP contribution in [0.15, 0.2) is 18.5 Å². The van der Waals surface area contributed by atoms with Gasteiger partial charge in [-0.3, -0.25) is 4.98 Å². The molecule has 1 unspecified atom stereocenters.